The number of hydrogen-bond donors (Lipinski definition) is 0. The van der Waals surface area contributed by atoms with Crippen molar-refractivity contribution in [2.24, 2.45) is 0 Å². The van der Waals surface area contributed by atoms with Crippen molar-refractivity contribution in [3.05, 3.63) is 56.0 Å². The van der Waals surface area contributed by atoms with Gasteiger partial charge < -0.3 is 0 Å². The number of halogens is 1. The minimum Gasteiger partial charge on any atom is -0.289 e. The van der Waals surface area contributed by atoms with E-state index in [9.17, 15) is 4.79 Å². The first kappa shape index (κ1) is 11.1. The number of carbonyl (C=O) groups is 1. The number of benzene rings is 1. The van der Waals surface area contributed by atoms with Gasteiger partial charge in [0.1, 0.15) is 0 Å². The Morgan fingerprint density at radius 2 is 2.06 bits per heavy atom. The lowest BCUT2D eigenvalue weighted by Gasteiger charge is -2.00. The standard InChI is InChI=1S/C13H7BrOS2/c14-11-6-9(7-17-11)12(15)10-3-1-2-8-4-5-16-13(8)10/h1-7H. The molecule has 0 aliphatic heterocycles. The first-order valence-corrected chi connectivity index (χ1v) is 7.56. The molecule has 1 aromatic carbocycles. The minimum atomic E-state index is 0.0972. The topological polar surface area (TPSA) is 17.1 Å². The van der Waals surface area contributed by atoms with Crippen LogP contribution < -0.4 is 0 Å². The second-order valence-electron chi connectivity index (χ2n) is 3.61. The van der Waals surface area contributed by atoms with E-state index in [1.165, 1.54) is 11.3 Å². The summed E-state index contributed by atoms with van der Waals surface area (Å²) in [4.78, 5) is 12.4. The van der Waals surface area contributed by atoms with E-state index in [4.69, 9.17) is 0 Å². The molecular formula is C13H7BrOS2. The van der Waals surface area contributed by atoms with E-state index in [1.807, 2.05) is 41.1 Å². The molecule has 0 saturated heterocycles. The number of fused-ring (bicyclic) bond motifs is 1. The number of hydrogen-bond acceptors (Lipinski definition) is 3. The van der Waals surface area contributed by atoms with Crippen LogP contribution in [0.5, 0.6) is 0 Å². The van der Waals surface area contributed by atoms with Gasteiger partial charge in [-0.1, -0.05) is 12.1 Å². The van der Waals surface area contributed by atoms with E-state index in [0.717, 1.165) is 25.0 Å². The predicted octanol–water partition coefficient (Wildman–Crippen LogP) is 4.96. The Hall–Kier alpha value is -0.970. The Kier molecular flexibility index (Phi) is 2.86. The zero-order chi connectivity index (χ0) is 11.8. The molecule has 3 aromatic rings. The van der Waals surface area contributed by atoms with Crippen molar-refractivity contribution in [1.29, 1.82) is 0 Å². The molecule has 17 heavy (non-hydrogen) atoms. The normalized spacial score (nSPS) is 10.9. The summed E-state index contributed by atoms with van der Waals surface area (Å²) >= 11 is 6.53. The van der Waals surface area contributed by atoms with E-state index in [0.29, 0.717) is 0 Å². The summed E-state index contributed by atoms with van der Waals surface area (Å²) in [7, 11) is 0. The van der Waals surface area contributed by atoms with E-state index >= 15 is 0 Å². The second-order valence-corrected chi connectivity index (χ2v) is 6.82. The van der Waals surface area contributed by atoms with Gasteiger partial charge >= 0.3 is 0 Å². The van der Waals surface area contributed by atoms with Crippen LogP contribution in [-0.2, 0) is 0 Å². The third-order valence-corrected chi connectivity index (χ3v) is 5.02. The van der Waals surface area contributed by atoms with Crippen LogP contribution in [0.3, 0.4) is 0 Å². The van der Waals surface area contributed by atoms with Crippen LogP contribution in [0.1, 0.15) is 15.9 Å². The Morgan fingerprint density at radius 1 is 1.18 bits per heavy atom. The number of thiophene rings is 2. The van der Waals surface area contributed by atoms with Crippen LogP contribution in [0, 0.1) is 0 Å². The highest BCUT2D eigenvalue weighted by Gasteiger charge is 2.14. The Morgan fingerprint density at radius 3 is 2.82 bits per heavy atom. The molecule has 0 aliphatic carbocycles. The highest BCUT2D eigenvalue weighted by molar-refractivity contribution is 9.11. The van der Waals surface area contributed by atoms with Crippen LogP contribution >= 0.6 is 38.6 Å². The lowest BCUT2D eigenvalue weighted by molar-refractivity contribution is 0.104. The highest BCUT2D eigenvalue weighted by Crippen LogP contribution is 2.28. The van der Waals surface area contributed by atoms with Gasteiger partial charge in [-0.15, -0.1) is 22.7 Å². The molecule has 1 nitrogen and oxygen atoms in total. The van der Waals surface area contributed by atoms with Gasteiger partial charge in [-0.2, -0.15) is 0 Å². The van der Waals surface area contributed by atoms with Gasteiger partial charge in [0.05, 0.1) is 3.79 Å². The maximum absolute atomic E-state index is 12.4. The molecule has 0 fully saturated rings. The summed E-state index contributed by atoms with van der Waals surface area (Å²) in [5.74, 6) is 0.0972. The summed E-state index contributed by atoms with van der Waals surface area (Å²) in [5, 5.41) is 5.04. The highest BCUT2D eigenvalue weighted by atomic mass is 79.9. The molecule has 4 heteroatoms. The van der Waals surface area contributed by atoms with Crippen LogP contribution in [0.15, 0.2) is 44.9 Å². The van der Waals surface area contributed by atoms with Gasteiger partial charge in [0.15, 0.2) is 5.78 Å². The smallest absolute Gasteiger partial charge is 0.195 e. The molecule has 0 unspecified atom stereocenters. The molecule has 0 bridgehead atoms. The quantitative estimate of drug-likeness (QED) is 0.610. The Labute approximate surface area is 115 Å². The van der Waals surface area contributed by atoms with Gasteiger partial charge in [-0.25, -0.2) is 0 Å². The van der Waals surface area contributed by atoms with Crippen LogP contribution in [0.4, 0.5) is 0 Å². The van der Waals surface area contributed by atoms with E-state index < -0.39 is 0 Å². The summed E-state index contributed by atoms with van der Waals surface area (Å²) in [5.41, 5.74) is 1.55. The fraction of sp³-hybridized carbons (Fsp3) is 0. The van der Waals surface area contributed by atoms with Crippen LogP contribution in [0.2, 0.25) is 0 Å². The lowest BCUT2D eigenvalue weighted by Crippen LogP contribution is -1.99. The number of ketones is 1. The van der Waals surface area contributed by atoms with E-state index in [-0.39, 0.29) is 5.78 Å². The average molecular weight is 323 g/mol. The number of rotatable bonds is 2. The van der Waals surface area contributed by atoms with Crippen LogP contribution in [0.25, 0.3) is 10.1 Å². The second kappa shape index (κ2) is 4.37. The van der Waals surface area contributed by atoms with Gasteiger partial charge in [0.2, 0.25) is 0 Å². The zero-order valence-corrected chi connectivity index (χ0v) is 11.9. The SMILES string of the molecule is O=C(c1csc(Br)c1)c1cccc2ccsc12. The van der Waals surface area contributed by atoms with Crippen molar-refractivity contribution in [1.82, 2.24) is 0 Å². The molecule has 84 valence electrons. The van der Waals surface area contributed by atoms with Gasteiger partial charge in [-0.05, 0) is 44.9 Å². The van der Waals surface area contributed by atoms with Crippen molar-refractivity contribution in [2.75, 3.05) is 0 Å². The van der Waals surface area contributed by atoms with Gasteiger partial charge in [-0.3, -0.25) is 4.79 Å². The molecule has 2 aromatic heterocycles. The zero-order valence-electron chi connectivity index (χ0n) is 8.64. The van der Waals surface area contributed by atoms with Crippen LogP contribution in [-0.4, -0.2) is 5.78 Å². The lowest BCUT2D eigenvalue weighted by atomic mass is 10.0. The van der Waals surface area contributed by atoms with Crippen molar-refractivity contribution < 1.29 is 4.79 Å². The molecule has 0 radical (unpaired) electrons. The molecule has 0 aliphatic rings. The average Bonchev–Trinajstić information content (AvgIpc) is 2.95. The number of carbonyl (C=O) groups excluding carboxylic acids is 1. The molecule has 0 N–H and O–H groups in total. The molecular weight excluding hydrogens is 316 g/mol. The van der Waals surface area contributed by atoms with Crippen molar-refractivity contribution in [3.8, 4) is 0 Å². The molecule has 0 spiro atoms. The first-order valence-electron chi connectivity index (χ1n) is 5.00. The molecule has 0 saturated carbocycles. The molecule has 0 amide bonds. The molecule has 3 rings (SSSR count). The maximum Gasteiger partial charge on any atom is 0.195 e. The predicted molar refractivity (Wildman–Crippen MR) is 77.3 cm³/mol. The monoisotopic (exact) mass is 322 g/mol. The minimum absolute atomic E-state index is 0.0972. The van der Waals surface area contributed by atoms with Crippen molar-refractivity contribution in [2.45, 2.75) is 0 Å². The van der Waals surface area contributed by atoms with E-state index in [1.54, 1.807) is 11.3 Å². The Bertz CT molecular complexity index is 696. The van der Waals surface area contributed by atoms with E-state index in [2.05, 4.69) is 15.9 Å². The summed E-state index contributed by atoms with van der Waals surface area (Å²) in [6.45, 7) is 0. The summed E-state index contributed by atoms with van der Waals surface area (Å²) < 4.78 is 2.05. The molecule has 0 atom stereocenters. The fourth-order valence-corrected chi connectivity index (χ4v) is 3.80. The van der Waals surface area contributed by atoms with Gasteiger partial charge in [0, 0.05) is 21.2 Å². The first-order chi connectivity index (χ1) is 8.25. The summed E-state index contributed by atoms with van der Waals surface area (Å²) in [6.07, 6.45) is 0. The maximum atomic E-state index is 12.4. The third-order valence-electron chi connectivity index (χ3n) is 2.55. The van der Waals surface area contributed by atoms with Gasteiger partial charge in [0.25, 0.3) is 0 Å². The Balaban J connectivity index is 2.15. The third kappa shape index (κ3) is 1.97. The fourth-order valence-electron chi connectivity index (χ4n) is 1.76. The largest absolute Gasteiger partial charge is 0.289 e. The molecule has 2 heterocycles. The van der Waals surface area contributed by atoms with Crippen molar-refractivity contribution in [3.63, 3.8) is 0 Å². The van der Waals surface area contributed by atoms with Crippen molar-refractivity contribution >= 4 is 54.5 Å². The summed E-state index contributed by atoms with van der Waals surface area (Å²) in [6, 6.07) is 9.78.